The zero-order valence-electron chi connectivity index (χ0n) is 10.5. The van der Waals surface area contributed by atoms with E-state index in [4.69, 9.17) is 0 Å². The molecule has 0 spiro atoms. The second kappa shape index (κ2) is 4.61. The Balaban J connectivity index is 2.11. The number of rotatable bonds is 3. The van der Waals surface area contributed by atoms with Crippen LogP contribution >= 0.6 is 0 Å². The van der Waals surface area contributed by atoms with E-state index in [1.165, 1.54) is 4.80 Å². The van der Waals surface area contributed by atoms with E-state index in [1.54, 1.807) is 6.07 Å². The van der Waals surface area contributed by atoms with Gasteiger partial charge in [-0.05, 0) is 37.3 Å². The van der Waals surface area contributed by atoms with Crippen molar-refractivity contribution >= 4 is 16.7 Å². The molecule has 1 heterocycles. The molecule has 2 aromatic carbocycles. The number of phenols is 1. The Bertz CT molecular complexity index is 687. The van der Waals surface area contributed by atoms with Gasteiger partial charge < -0.3 is 10.4 Å². The van der Waals surface area contributed by atoms with E-state index in [9.17, 15) is 5.11 Å². The molecule has 19 heavy (non-hydrogen) atoms. The van der Waals surface area contributed by atoms with Crippen molar-refractivity contribution < 1.29 is 5.11 Å². The first-order valence-electron chi connectivity index (χ1n) is 6.17. The smallest absolute Gasteiger partial charge is 0.143 e. The van der Waals surface area contributed by atoms with Crippen LogP contribution in [-0.2, 0) is 0 Å². The topological polar surface area (TPSA) is 63.0 Å². The summed E-state index contributed by atoms with van der Waals surface area (Å²) in [4.78, 5) is 1.46. The molecule has 5 heteroatoms. The molecular formula is C14H14N4O. The van der Waals surface area contributed by atoms with Gasteiger partial charge in [-0.25, -0.2) is 0 Å². The largest absolute Gasteiger partial charge is 0.506 e. The van der Waals surface area contributed by atoms with Crippen LogP contribution in [0.3, 0.4) is 0 Å². The summed E-state index contributed by atoms with van der Waals surface area (Å²) in [5.74, 6) is 0.155. The maximum atomic E-state index is 9.95. The number of anilines is 1. The molecule has 3 rings (SSSR count). The van der Waals surface area contributed by atoms with E-state index in [2.05, 4.69) is 15.5 Å². The molecule has 0 atom stereocenters. The van der Waals surface area contributed by atoms with Gasteiger partial charge in [-0.2, -0.15) is 0 Å². The normalized spacial score (nSPS) is 10.8. The van der Waals surface area contributed by atoms with Gasteiger partial charge in [0.2, 0.25) is 0 Å². The standard InChI is InChI=1S/C14H14N4O/c1-2-15-10-7-8-14(19)13(9-10)18-16-11-5-3-4-6-12(11)17-18/h3-9,15,19H,2H2,1H3. The van der Waals surface area contributed by atoms with Crippen LogP contribution < -0.4 is 5.32 Å². The summed E-state index contributed by atoms with van der Waals surface area (Å²) >= 11 is 0. The fourth-order valence-electron chi connectivity index (χ4n) is 1.97. The summed E-state index contributed by atoms with van der Waals surface area (Å²) in [5, 5.41) is 21.9. The Morgan fingerprint density at radius 1 is 1.11 bits per heavy atom. The van der Waals surface area contributed by atoms with E-state index in [1.807, 2.05) is 43.3 Å². The molecule has 0 amide bonds. The molecule has 3 aromatic rings. The van der Waals surface area contributed by atoms with Gasteiger partial charge in [0, 0.05) is 12.2 Å². The lowest BCUT2D eigenvalue weighted by Gasteiger charge is -2.07. The van der Waals surface area contributed by atoms with Gasteiger partial charge in [0.25, 0.3) is 0 Å². The number of hydrogen-bond acceptors (Lipinski definition) is 4. The number of phenolic OH excluding ortho intramolecular Hbond substituents is 1. The monoisotopic (exact) mass is 254 g/mol. The van der Waals surface area contributed by atoms with Gasteiger partial charge in [0.1, 0.15) is 22.5 Å². The van der Waals surface area contributed by atoms with Crippen LogP contribution in [0.2, 0.25) is 0 Å². The van der Waals surface area contributed by atoms with Crippen molar-refractivity contribution in [3.05, 3.63) is 42.5 Å². The van der Waals surface area contributed by atoms with Crippen molar-refractivity contribution in [1.29, 1.82) is 0 Å². The van der Waals surface area contributed by atoms with E-state index in [-0.39, 0.29) is 5.75 Å². The molecule has 0 radical (unpaired) electrons. The second-order valence-corrected chi connectivity index (χ2v) is 4.21. The van der Waals surface area contributed by atoms with Crippen molar-refractivity contribution in [1.82, 2.24) is 15.0 Å². The van der Waals surface area contributed by atoms with Gasteiger partial charge in [0.05, 0.1) is 0 Å². The average molecular weight is 254 g/mol. The SMILES string of the molecule is CCNc1ccc(O)c(-n2nc3ccccc3n2)c1. The molecule has 96 valence electrons. The van der Waals surface area contributed by atoms with Gasteiger partial charge in [-0.1, -0.05) is 12.1 Å². The molecule has 0 aliphatic rings. The van der Waals surface area contributed by atoms with Crippen molar-refractivity contribution in [2.75, 3.05) is 11.9 Å². The van der Waals surface area contributed by atoms with Crippen LogP contribution in [0.25, 0.3) is 16.7 Å². The summed E-state index contributed by atoms with van der Waals surface area (Å²) in [6.07, 6.45) is 0. The fourth-order valence-corrected chi connectivity index (χ4v) is 1.97. The molecule has 0 fully saturated rings. The summed E-state index contributed by atoms with van der Waals surface area (Å²) in [7, 11) is 0. The minimum Gasteiger partial charge on any atom is -0.506 e. The first kappa shape index (κ1) is 11.5. The number of fused-ring (bicyclic) bond motifs is 1. The lowest BCUT2D eigenvalue weighted by atomic mass is 10.2. The predicted molar refractivity (Wildman–Crippen MR) is 74.7 cm³/mol. The summed E-state index contributed by atoms with van der Waals surface area (Å²) in [6, 6.07) is 12.9. The third-order valence-electron chi connectivity index (χ3n) is 2.86. The number of nitrogens with zero attached hydrogens (tertiary/aromatic N) is 3. The molecule has 5 nitrogen and oxygen atoms in total. The van der Waals surface area contributed by atoms with Crippen molar-refractivity contribution in [3.8, 4) is 11.4 Å². The zero-order chi connectivity index (χ0) is 13.2. The lowest BCUT2D eigenvalue weighted by Crippen LogP contribution is -2.02. The van der Waals surface area contributed by atoms with Crippen LogP contribution in [0, 0.1) is 0 Å². The van der Waals surface area contributed by atoms with E-state index < -0.39 is 0 Å². The van der Waals surface area contributed by atoms with E-state index in [0.29, 0.717) is 5.69 Å². The highest BCUT2D eigenvalue weighted by atomic mass is 16.3. The summed E-state index contributed by atoms with van der Waals surface area (Å²) in [6.45, 7) is 2.84. The highest BCUT2D eigenvalue weighted by Crippen LogP contribution is 2.25. The average Bonchev–Trinajstić information content (AvgIpc) is 2.85. The number of aromatic nitrogens is 3. The van der Waals surface area contributed by atoms with Gasteiger partial charge >= 0.3 is 0 Å². The molecule has 0 aliphatic carbocycles. The molecule has 0 saturated heterocycles. The van der Waals surface area contributed by atoms with Gasteiger partial charge in [0.15, 0.2) is 0 Å². The van der Waals surface area contributed by atoms with Crippen LogP contribution in [0.15, 0.2) is 42.5 Å². The summed E-state index contributed by atoms with van der Waals surface area (Å²) in [5.41, 5.74) is 3.10. The molecule has 0 unspecified atom stereocenters. The van der Waals surface area contributed by atoms with Crippen LogP contribution in [0.5, 0.6) is 5.75 Å². The lowest BCUT2D eigenvalue weighted by molar-refractivity contribution is 0.468. The Kier molecular flexibility index (Phi) is 2.79. The van der Waals surface area contributed by atoms with Crippen molar-refractivity contribution in [3.63, 3.8) is 0 Å². The van der Waals surface area contributed by atoms with Crippen LogP contribution in [0.1, 0.15) is 6.92 Å². The molecule has 1 aromatic heterocycles. The molecule has 0 bridgehead atoms. The molecular weight excluding hydrogens is 240 g/mol. The maximum absolute atomic E-state index is 9.95. The maximum Gasteiger partial charge on any atom is 0.143 e. The second-order valence-electron chi connectivity index (χ2n) is 4.21. The summed E-state index contributed by atoms with van der Waals surface area (Å²) < 4.78 is 0. The minimum absolute atomic E-state index is 0.155. The number of aromatic hydroxyl groups is 1. The zero-order valence-corrected chi connectivity index (χ0v) is 10.5. The van der Waals surface area contributed by atoms with E-state index in [0.717, 1.165) is 23.3 Å². The van der Waals surface area contributed by atoms with Gasteiger partial charge in [-0.3, -0.25) is 0 Å². The Morgan fingerprint density at radius 2 is 1.79 bits per heavy atom. The van der Waals surface area contributed by atoms with Crippen LogP contribution in [0.4, 0.5) is 5.69 Å². The van der Waals surface area contributed by atoms with Crippen LogP contribution in [-0.4, -0.2) is 26.6 Å². The quantitative estimate of drug-likeness (QED) is 0.705. The minimum atomic E-state index is 0.155. The molecule has 0 aliphatic heterocycles. The first-order chi connectivity index (χ1) is 9.28. The van der Waals surface area contributed by atoms with E-state index >= 15 is 0 Å². The number of hydrogen-bond donors (Lipinski definition) is 2. The number of benzene rings is 2. The highest BCUT2D eigenvalue weighted by Gasteiger charge is 2.09. The predicted octanol–water partition coefficient (Wildman–Crippen LogP) is 2.56. The molecule has 2 N–H and O–H groups in total. The first-order valence-corrected chi connectivity index (χ1v) is 6.17. The van der Waals surface area contributed by atoms with Crippen molar-refractivity contribution in [2.45, 2.75) is 6.92 Å². The number of nitrogens with one attached hydrogen (secondary N) is 1. The van der Waals surface area contributed by atoms with Gasteiger partial charge in [-0.15, -0.1) is 15.0 Å². The third kappa shape index (κ3) is 2.10. The fraction of sp³-hybridized carbons (Fsp3) is 0.143. The Labute approximate surface area is 110 Å². The highest BCUT2D eigenvalue weighted by molar-refractivity contribution is 5.73. The Hall–Kier alpha value is -2.56. The molecule has 0 saturated carbocycles. The third-order valence-corrected chi connectivity index (χ3v) is 2.86. The van der Waals surface area contributed by atoms with Crippen molar-refractivity contribution in [2.24, 2.45) is 0 Å². The Morgan fingerprint density at radius 3 is 2.42 bits per heavy atom.